The van der Waals surface area contributed by atoms with Gasteiger partial charge in [0.2, 0.25) is 0 Å². The Kier molecular flexibility index (Phi) is 6.12. The van der Waals surface area contributed by atoms with E-state index in [2.05, 4.69) is 129 Å². The minimum absolute atomic E-state index is 0.142. The van der Waals surface area contributed by atoms with E-state index in [4.69, 9.17) is 19.9 Å². The quantitative estimate of drug-likeness (QED) is 0.201. The predicted octanol–water partition coefficient (Wildman–Crippen LogP) is 10.5. The van der Waals surface area contributed by atoms with E-state index < -0.39 is 0 Å². The third-order valence-electron chi connectivity index (χ3n) is 9.46. The van der Waals surface area contributed by atoms with Gasteiger partial charge in [0.1, 0.15) is 0 Å². The van der Waals surface area contributed by atoms with E-state index in [1.54, 1.807) is 0 Å². The SMILES string of the molecule is CC1(C)c2ccccc2-c2nc(-c3cccc(-c4nc(-c5ccccc5)nc(-c5ccc6ccccc6c5)n4)c3)c3ccccc3c21. The Morgan fingerprint density at radius 1 is 0.404 bits per heavy atom. The standard InChI is InChI=1S/C43H30N4/c1-43(2)36-22-11-10-21-35(36)39-37(43)33-19-8-9-20-34(33)38(44-39)30-17-12-18-31(26-30)41-45-40(28-14-4-3-5-15-28)46-42(47-41)32-24-23-27-13-6-7-16-29(27)25-32/h3-26H,1-2H3. The molecule has 0 radical (unpaired) electrons. The Labute approximate surface area is 273 Å². The second-order valence-electron chi connectivity index (χ2n) is 12.7. The minimum Gasteiger partial charge on any atom is -0.247 e. The summed E-state index contributed by atoms with van der Waals surface area (Å²) in [5.74, 6) is 1.91. The molecule has 4 nitrogen and oxygen atoms in total. The molecule has 2 heterocycles. The lowest BCUT2D eigenvalue weighted by molar-refractivity contribution is 0.665. The van der Waals surface area contributed by atoms with Crippen LogP contribution in [-0.4, -0.2) is 19.9 Å². The van der Waals surface area contributed by atoms with Crippen molar-refractivity contribution in [2.24, 2.45) is 0 Å². The molecule has 0 amide bonds. The van der Waals surface area contributed by atoms with Crippen molar-refractivity contribution < 1.29 is 0 Å². The van der Waals surface area contributed by atoms with Crippen molar-refractivity contribution in [3.05, 3.63) is 157 Å². The largest absolute Gasteiger partial charge is 0.247 e. The van der Waals surface area contributed by atoms with E-state index in [0.29, 0.717) is 17.5 Å². The second-order valence-corrected chi connectivity index (χ2v) is 12.7. The average Bonchev–Trinajstić information content (AvgIpc) is 3.37. The van der Waals surface area contributed by atoms with Crippen LogP contribution >= 0.6 is 0 Å². The zero-order chi connectivity index (χ0) is 31.5. The number of fused-ring (bicyclic) bond motifs is 6. The van der Waals surface area contributed by atoms with Crippen LogP contribution in [0, 0.1) is 0 Å². The lowest BCUT2D eigenvalue weighted by atomic mass is 9.80. The predicted molar refractivity (Wildman–Crippen MR) is 192 cm³/mol. The van der Waals surface area contributed by atoms with Gasteiger partial charge in [0, 0.05) is 38.6 Å². The smallest absolute Gasteiger partial charge is 0.164 e. The van der Waals surface area contributed by atoms with Crippen LogP contribution < -0.4 is 0 Å². The second kappa shape index (κ2) is 10.5. The zero-order valence-corrected chi connectivity index (χ0v) is 26.1. The van der Waals surface area contributed by atoms with Crippen LogP contribution in [0.2, 0.25) is 0 Å². The Bertz CT molecular complexity index is 2500. The summed E-state index contributed by atoms with van der Waals surface area (Å²) in [5.41, 5.74) is 9.54. The molecule has 0 saturated carbocycles. The molecule has 0 atom stereocenters. The van der Waals surface area contributed by atoms with Gasteiger partial charge in [-0.3, -0.25) is 0 Å². The number of hydrogen-bond donors (Lipinski definition) is 0. The van der Waals surface area contributed by atoms with Gasteiger partial charge in [0.05, 0.1) is 11.4 Å². The van der Waals surface area contributed by atoms with Gasteiger partial charge in [0.25, 0.3) is 0 Å². The lowest BCUT2D eigenvalue weighted by Gasteiger charge is -2.23. The fourth-order valence-corrected chi connectivity index (χ4v) is 7.16. The highest BCUT2D eigenvalue weighted by Gasteiger charge is 2.38. The van der Waals surface area contributed by atoms with Gasteiger partial charge < -0.3 is 0 Å². The highest BCUT2D eigenvalue weighted by Crippen LogP contribution is 2.51. The van der Waals surface area contributed by atoms with Crippen molar-refractivity contribution in [3.63, 3.8) is 0 Å². The highest BCUT2D eigenvalue weighted by atomic mass is 15.0. The summed E-state index contributed by atoms with van der Waals surface area (Å²) in [7, 11) is 0. The van der Waals surface area contributed by atoms with Crippen molar-refractivity contribution in [2.75, 3.05) is 0 Å². The van der Waals surface area contributed by atoms with E-state index >= 15 is 0 Å². The maximum absolute atomic E-state index is 5.43. The maximum atomic E-state index is 5.43. The third-order valence-corrected chi connectivity index (χ3v) is 9.46. The summed E-state index contributed by atoms with van der Waals surface area (Å²) in [6.45, 7) is 4.62. The van der Waals surface area contributed by atoms with Crippen LogP contribution in [-0.2, 0) is 5.41 Å². The Hall–Kier alpha value is -6.00. The highest BCUT2D eigenvalue weighted by molar-refractivity contribution is 6.03. The summed E-state index contributed by atoms with van der Waals surface area (Å²) in [5, 5.41) is 4.71. The number of rotatable bonds is 4. The van der Waals surface area contributed by atoms with Crippen LogP contribution in [0.1, 0.15) is 25.0 Å². The van der Waals surface area contributed by atoms with Crippen molar-refractivity contribution in [1.29, 1.82) is 0 Å². The molecular formula is C43H30N4. The molecule has 0 aliphatic heterocycles. The molecule has 9 rings (SSSR count). The summed E-state index contributed by atoms with van der Waals surface area (Å²) < 4.78 is 0. The molecule has 4 heteroatoms. The number of pyridine rings is 1. The van der Waals surface area contributed by atoms with Gasteiger partial charge in [-0.25, -0.2) is 19.9 Å². The molecule has 0 saturated heterocycles. The Morgan fingerprint density at radius 3 is 1.81 bits per heavy atom. The maximum Gasteiger partial charge on any atom is 0.164 e. The molecule has 0 fully saturated rings. The summed E-state index contributed by atoms with van der Waals surface area (Å²) in [4.78, 5) is 20.5. The van der Waals surface area contributed by atoms with Crippen LogP contribution in [0.4, 0.5) is 0 Å². The van der Waals surface area contributed by atoms with Gasteiger partial charge in [-0.15, -0.1) is 0 Å². The summed E-state index contributed by atoms with van der Waals surface area (Å²) in [6.07, 6.45) is 0. The van der Waals surface area contributed by atoms with Gasteiger partial charge in [0.15, 0.2) is 17.5 Å². The Balaban J connectivity index is 1.24. The molecule has 0 N–H and O–H groups in total. The van der Waals surface area contributed by atoms with Crippen LogP contribution in [0.3, 0.4) is 0 Å². The topological polar surface area (TPSA) is 51.6 Å². The first-order valence-electron chi connectivity index (χ1n) is 16.0. The molecule has 47 heavy (non-hydrogen) atoms. The van der Waals surface area contributed by atoms with Gasteiger partial charge >= 0.3 is 0 Å². The Morgan fingerprint density at radius 2 is 1.00 bits per heavy atom. The molecule has 0 unspecified atom stereocenters. The molecular weight excluding hydrogens is 573 g/mol. The third kappa shape index (κ3) is 4.44. The van der Waals surface area contributed by atoms with Crippen LogP contribution in [0.5, 0.6) is 0 Å². The average molecular weight is 603 g/mol. The number of aromatic nitrogens is 4. The van der Waals surface area contributed by atoms with Crippen molar-refractivity contribution >= 4 is 21.5 Å². The van der Waals surface area contributed by atoms with Gasteiger partial charge in [-0.05, 0) is 39.4 Å². The number of benzene rings is 6. The van der Waals surface area contributed by atoms with E-state index in [-0.39, 0.29) is 5.41 Å². The summed E-state index contributed by atoms with van der Waals surface area (Å²) >= 11 is 0. The van der Waals surface area contributed by atoms with E-state index in [0.717, 1.165) is 44.4 Å². The first-order valence-corrected chi connectivity index (χ1v) is 16.0. The van der Waals surface area contributed by atoms with E-state index in [9.17, 15) is 0 Å². The molecule has 1 aliphatic rings. The van der Waals surface area contributed by atoms with Gasteiger partial charge in [-0.2, -0.15) is 0 Å². The van der Waals surface area contributed by atoms with Crippen LogP contribution in [0.25, 0.3) is 78.2 Å². The molecule has 0 spiro atoms. The number of hydrogen-bond acceptors (Lipinski definition) is 4. The van der Waals surface area contributed by atoms with Gasteiger partial charge in [-0.1, -0.05) is 147 Å². The minimum atomic E-state index is -0.142. The van der Waals surface area contributed by atoms with Crippen molar-refractivity contribution in [2.45, 2.75) is 19.3 Å². The summed E-state index contributed by atoms with van der Waals surface area (Å²) in [6, 6.07) is 50.7. The molecule has 0 bridgehead atoms. The lowest BCUT2D eigenvalue weighted by Crippen LogP contribution is -2.15. The fraction of sp³-hybridized carbons (Fsp3) is 0.0698. The zero-order valence-electron chi connectivity index (χ0n) is 26.1. The van der Waals surface area contributed by atoms with Crippen LogP contribution in [0.15, 0.2) is 146 Å². The molecule has 2 aromatic heterocycles. The van der Waals surface area contributed by atoms with E-state index in [1.165, 1.54) is 27.5 Å². The fourth-order valence-electron chi connectivity index (χ4n) is 7.16. The van der Waals surface area contributed by atoms with Crippen molar-refractivity contribution in [3.8, 4) is 56.7 Å². The first kappa shape index (κ1) is 27.3. The molecule has 1 aliphatic carbocycles. The molecule has 8 aromatic rings. The van der Waals surface area contributed by atoms with E-state index in [1.807, 2.05) is 30.3 Å². The first-order chi connectivity index (χ1) is 23.0. The molecule has 222 valence electrons. The normalized spacial score (nSPS) is 13.1. The van der Waals surface area contributed by atoms with Crippen molar-refractivity contribution in [1.82, 2.24) is 19.9 Å². The number of nitrogens with zero attached hydrogens (tertiary/aromatic N) is 4. The monoisotopic (exact) mass is 602 g/mol. The molecule has 6 aromatic carbocycles.